The van der Waals surface area contributed by atoms with E-state index in [1.165, 1.54) is 18.4 Å². The van der Waals surface area contributed by atoms with E-state index in [1.54, 1.807) is 13.0 Å². The quantitative estimate of drug-likeness (QED) is 0.824. The van der Waals surface area contributed by atoms with Crippen LogP contribution in [-0.4, -0.2) is 11.0 Å². The van der Waals surface area contributed by atoms with Crippen LogP contribution in [0.1, 0.15) is 16.1 Å². The topological polar surface area (TPSA) is 62.5 Å². The largest absolute Gasteiger partial charge is 0.504 e. The van der Waals surface area contributed by atoms with Crippen molar-refractivity contribution in [2.24, 2.45) is 0 Å². The average Bonchev–Trinajstić information content (AvgIpc) is 2.87. The number of rotatable bonds is 2. The van der Waals surface area contributed by atoms with Gasteiger partial charge in [-0.3, -0.25) is 4.79 Å². The fraction of sp³-hybridized carbons (Fsp3) is 0.0833. The molecule has 2 rings (SSSR count). The predicted octanol–water partition coefficient (Wildman–Crippen LogP) is 3.85. The van der Waals surface area contributed by atoms with E-state index in [1.807, 2.05) is 0 Å². The Hall–Kier alpha value is -1.65. The summed E-state index contributed by atoms with van der Waals surface area (Å²) in [6.45, 7) is 1.67. The van der Waals surface area contributed by atoms with Gasteiger partial charge in [-0.05, 0) is 30.7 Å². The molecule has 1 amide bonds. The van der Waals surface area contributed by atoms with Gasteiger partial charge in [-0.25, -0.2) is 0 Å². The van der Waals surface area contributed by atoms with Gasteiger partial charge in [0, 0.05) is 5.02 Å². The molecule has 0 atom stereocenters. The highest BCUT2D eigenvalue weighted by atomic mass is 35.5. The Morgan fingerprint density at radius 3 is 2.78 bits per heavy atom. The third-order valence-electron chi connectivity index (χ3n) is 2.41. The van der Waals surface area contributed by atoms with Crippen molar-refractivity contribution in [3.63, 3.8) is 0 Å². The third kappa shape index (κ3) is 2.30. The van der Waals surface area contributed by atoms with Gasteiger partial charge in [-0.15, -0.1) is 0 Å². The first kappa shape index (κ1) is 12.8. The van der Waals surface area contributed by atoms with E-state index in [4.69, 9.17) is 27.6 Å². The van der Waals surface area contributed by atoms with Crippen molar-refractivity contribution in [2.45, 2.75) is 6.92 Å². The number of nitrogens with one attached hydrogen (secondary N) is 1. The van der Waals surface area contributed by atoms with Crippen LogP contribution in [0.5, 0.6) is 5.75 Å². The van der Waals surface area contributed by atoms with Crippen LogP contribution in [0, 0.1) is 6.92 Å². The summed E-state index contributed by atoms with van der Waals surface area (Å²) in [4.78, 5) is 11.7. The maximum atomic E-state index is 11.7. The van der Waals surface area contributed by atoms with Crippen molar-refractivity contribution in [2.75, 3.05) is 5.32 Å². The highest BCUT2D eigenvalue weighted by molar-refractivity contribution is 6.37. The molecule has 0 aliphatic rings. The molecule has 0 fully saturated rings. The molecule has 0 radical (unpaired) electrons. The zero-order valence-corrected chi connectivity index (χ0v) is 10.8. The van der Waals surface area contributed by atoms with Crippen LogP contribution >= 0.6 is 23.2 Å². The van der Waals surface area contributed by atoms with Crippen molar-refractivity contribution in [1.29, 1.82) is 0 Å². The predicted molar refractivity (Wildman–Crippen MR) is 69.5 cm³/mol. The number of phenolic OH excluding ortho intramolecular Hbond substituents is 1. The standard InChI is InChI=1S/C12H9Cl2NO3/c1-6-7(13)5-8(11(16)10(6)14)15-12(17)9-3-2-4-18-9/h2-5,16H,1H3,(H,15,17). The van der Waals surface area contributed by atoms with Gasteiger partial charge in [-0.1, -0.05) is 23.2 Å². The number of phenols is 1. The molecule has 0 unspecified atom stereocenters. The molecule has 0 aliphatic heterocycles. The zero-order valence-electron chi connectivity index (χ0n) is 9.33. The number of carbonyl (C=O) groups excluding carboxylic acids is 1. The number of benzene rings is 1. The molecule has 0 aliphatic carbocycles. The summed E-state index contributed by atoms with van der Waals surface area (Å²) >= 11 is 11.8. The Kier molecular flexibility index (Phi) is 3.50. The minimum atomic E-state index is -0.494. The maximum absolute atomic E-state index is 11.7. The van der Waals surface area contributed by atoms with Gasteiger partial charge in [0.2, 0.25) is 0 Å². The number of carbonyl (C=O) groups is 1. The second-order valence-corrected chi connectivity index (χ2v) is 4.41. The fourth-order valence-corrected chi connectivity index (χ4v) is 1.85. The minimum Gasteiger partial charge on any atom is -0.504 e. The number of amides is 1. The summed E-state index contributed by atoms with van der Waals surface area (Å²) in [7, 11) is 0. The number of hydrogen-bond donors (Lipinski definition) is 2. The Labute approximate surface area is 113 Å². The van der Waals surface area contributed by atoms with Crippen LogP contribution in [0.15, 0.2) is 28.9 Å². The first-order valence-electron chi connectivity index (χ1n) is 5.03. The summed E-state index contributed by atoms with van der Waals surface area (Å²) in [6.07, 6.45) is 1.38. The van der Waals surface area contributed by atoms with E-state index < -0.39 is 5.91 Å². The monoisotopic (exact) mass is 285 g/mol. The highest BCUT2D eigenvalue weighted by Crippen LogP contribution is 2.38. The molecule has 0 bridgehead atoms. The fourth-order valence-electron chi connectivity index (χ4n) is 1.39. The Balaban J connectivity index is 2.33. The lowest BCUT2D eigenvalue weighted by molar-refractivity contribution is 0.0996. The van der Waals surface area contributed by atoms with Crippen LogP contribution < -0.4 is 5.32 Å². The normalized spacial score (nSPS) is 10.4. The molecular weight excluding hydrogens is 277 g/mol. The molecule has 0 saturated heterocycles. The van der Waals surface area contributed by atoms with Gasteiger partial charge in [0.1, 0.15) is 0 Å². The number of hydrogen-bond acceptors (Lipinski definition) is 3. The molecule has 18 heavy (non-hydrogen) atoms. The average molecular weight is 286 g/mol. The lowest BCUT2D eigenvalue weighted by Gasteiger charge is -2.10. The van der Waals surface area contributed by atoms with Crippen molar-refractivity contribution < 1.29 is 14.3 Å². The lowest BCUT2D eigenvalue weighted by atomic mass is 10.2. The molecule has 1 heterocycles. The Bertz CT molecular complexity index is 594. The molecule has 94 valence electrons. The molecule has 6 heteroatoms. The smallest absolute Gasteiger partial charge is 0.291 e. The lowest BCUT2D eigenvalue weighted by Crippen LogP contribution is -2.11. The van der Waals surface area contributed by atoms with Crippen LogP contribution in [-0.2, 0) is 0 Å². The molecule has 1 aromatic heterocycles. The Morgan fingerprint density at radius 1 is 1.44 bits per heavy atom. The van der Waals surface area contributed by atoms with Crippen molar-refractivity contribution in [3.8, 4) is 5.75 Å². The van der Waals surface area contributed by atoms with Gasteiger partial charge in [0.15, 0.2) is 11.5 Å². The van der Waals surface area contributed by atoms with Crippen molar-refractivity contribution >= 4 is 34.8 Å². The molecule has 0 spiro atoms. The minimum absolute atomic E-state index is 0.109. The molecular formula is C12H9Cl2NO3. The Morgan fingerprint density at radius 2 is 2.17 bits per heavy atom. The summed E-state index contributed by atoms with van der Waals surface area (Å²) in [5, 5.41) is 12.7. The molecule has 4 nitrogen and oxygen atoms in total. The summed E-state index contributed by atoms with van der Waals surface area (Å²) < 4.78 is 4.93. The molecule has 2 N–H and O–H groups in total. The SMILES string of the molecule is Cc1c(Cl)cc(NC(=O)c2ccco2)c(O)c1Cl. The van der Waals surface area contributed by atoms with Crippen LogP contribution in [0.25, 0.3) is 0 Å². The van der Waals surface area contributed by atoms with Gasteiger partial charge in [0.05, 0.1) is 17.0 Å². The van der Waals surface area contributed by atoms with Crippen molar-refractivity contribution in [1.82, 2.24) is 0 Å². The number of furan rings is 1. The second-order valence-electron chi connectivity index (χ2n) is 3.62. The van der Waals surface area contributed by atoms with Crippen molar-refractivity contribution in [3.05, 3.63) is 45.8 Å². The van der Waals surface area contributed by atoms with Crippen LogP contribution in [0.3, 0.4) is 0 Å². The number of halogens is 2. The van der Waals surface area contributed by atoms with Gasteiger partial charge >= 0.3 is 0 Å². The summed E-state index contributed by atoms with van der Waals surface area (Å²) in [5.74, 6) is -0.591. The zero-order chi connectivity index (χ0) is 13.3. The summed E-state index contributed by atoms with van der Waals surface area (Å²) in [5.41, 5.74) is 0.684. The van der Waals surface area contributed by atoms with Crippen LogP contribution in [0.4, 0.5) is 5.69 Å². The van der Waals surface area contributed by atoms with E-state index in [0.717, 1.165) is 0 Å². The van der Waals surface area contributed by atoms with E-state index >= 15 is 0 Å². The first-order chi connectivity index (χ1) is 8.50. The molecule has 1 aromatic carbocycles. The number of aromatic hydroxyl groups is 1. The van der Waals surface area contributed by atoms with Gasteiger partial charge in [0.25, 0.3) is 5.91 Å². The second kappa shape index (κ2) is 4.92. The molecule has 0 saturated carbocycles. The van der Waals surface area contributed by atoms with Crippen LogP contribution in [0.2, 0.25) is 10.0 Å². The first-order valence-corrected chi connectivity index (χ1v) is 5.78. The highest BCUT2D eigenvalue weighted by Gasteiger charge is 2.16. The van der Waals surface area contributed by atoms with Gasteiger partial charge < -0.3 is 14.8 Å². The van der Waals surface area contributed by atoms with Gasteiger partial charge in [-0.2, -0.15) is 0 Å². The van der Waals surface area contributed by atoms with E-state index in [0.29, 0.717) is 10.6 Å². The van der Waals surface area contributed by atoms with E-state index in [-0.39, 0.29) is 22.2 Å². The van der Waals surface area contributed by atoms with E-state index in [9.17, 15) is 9.90 Å². The third-order valence-corrected chi connectivity index (χ3v) is 3.27. The van der Waals surface area contributed by atoms with E-state index in [2.05, 4.69) is 5.32 Å². The molecule has 2 aromatic rings. The maximum Gasteiger partial charge on any atom is 0.291 e. The number of anilines is 1. The summed E-state index contributed by atoms with van der Waals surface area (Å²) in [6, 6.07) is 4.52.